The van der Waals surface area contributed by atoms with Crippen molar-refractivity contribution in [2.24, 2.45) is 0 Å². The minimum Gasteiger partial charge on any atom is -0.484 e. The molecule has 0 saturated carbocycles. The molecule has 0 fully saturated rings. The van der Waals surface area contributed by atoms with Gasteiger partial charge in [0, 0.05) is 30.4 Å². The number of carbonyl (C=O) groups excluding carboxylic acids is 2. The van der Waals surface area contributed by atoms with Gasteiger partial charge >= 0.3 is 0 Å². The van der Waals surface area contributed by atoms with Crippen molar-refractivity contribution in [2.75, 3.05) is 16.8 Å². The molecule has 0 bridgehead atoms. The van der Waals surface area contributed by atoms with Gasteiger partial charge in [0.15, 0.2) is 6.61 Å². The number of benzene rings is 2. The molecule has 2 aromatic rings. The van der Waals surface area contributed by atoms with Gasteiger partial charge in [-0.2, -0.15) is 0 Å². The molecule has 0 heterocycles. The predicted molar refractivity (Wildman–Crippen MR) is 95.3 cm³/mol. The lowest BCUT2D eigenvalue weighted by molar-refractivity contribution is -0.121. The summed E-state index contributed by atoms with van der Waals surface area (Å²) in [5, 5.41) is 2.69. The smallest absolute Gasteiger partial charge is 0.265 e. The van der Waals surface area contributed by atoms with Crippen LogP contribution in [0.1, 0.15) is 20.8 Å². The van der Waals surface area contributed by atoms with E-state index in [0.717, 1.165) is 5.69 Å². The minimum absolute atomic E-state index is 0.0224. The van der Waals surface area contributed by atoms with Crippen LogP contribution in [0.4, 0.5) is 11.4 Å². The molecule has 2 rings (SSSR count). The highest BCUT2D eigenvalue weighted by atomic mass is 16.5. The minimum atomic E-state index is -0.154. The van der Waals surface area contributed by atoms with Crippen molar-refractivity contribution >= 4 is 23.2 Å². The lowest BCUT2D eigenvalue weighted by Crippen LogP contribution is -2.40. The van der Waals surface area contributed by atoms with Crippen molar-refractivity contribution in [2.45, 2.75) is 26.8 Å². The van der Waals surface area contributed by atoms with Crippen LogP contribution >= 0.6 is 0 Å². The molecule has 0 aliphatic carbocycles. The first kappa shape index (κ1) is 17.5. The van der Waals surface area contributed by atoms with E-state index in [-0.39, 0.29) is 24.5 Å². The van der Waals surface area contributed by atoms with Crippen molar-refractivity contribution in [3.05, 3.63) is 54.6 Å². The first-order valence-corrected chi connectivity index (χ1v) is 7.85. The van der Waals surface area contributed by atoms with Crippen molar-refractivity contribution in [1.82, 2.24) is 0 Å². The second-order valence-corrected chi connectivity index (χ2v) is 5.69. The molecule has 0 saturated heterocycles. The Balaban J connectivity index is 2.04. The second-order valence-electron chi connectivity index (χ2n) is 5.69. The molecule has 0 radical (unpaired) electrons. The summed E-state index contributed by atoms with van der Waals surface area (Å²) in [6, 6.07) is 16.5. The molecular formula is C19H22N2O3. The van der Waals surface area contributed by atoms with E-state index >= 15 is 0 Å². The molecule has 1 N–H and O–H groups in total. The van der Waals surface area contributed by atoms with Crippen LogP contribution in [0, 0.1) is 0 Å². The summed E-state index contributed by atoms with van der Waals surface area (Å²) in [5.41, 5.74) is 1.48. The van der Waals surface area contributed by atoms with Gasteiger partial charge in [0.25, 0.3) is 5.91 Å². The van der Waals surface area contributed by atoms with Crippen LogP contribution < -0.4 is 15.0 Å². The Kier molecular flexibility index (Phi) is 5.95. The third-order valence-corrected chi connectivity index (χ3v) is 3.34. The summed E-state index contributed by atoms with van der Waals surface area (Å²) in [4.78, 5) is 25.4. The zero-order valence-corrected chi connectivity index (χ0v) is 14.2. The fourth-order valence-corrected chi connectivity index (χ4v) is 2.40. The summed E-state index contributed by atoms with van der Waals surface area (Å²) in [6.07, 6.45) is 0. The van der Waals surface area contributed by atoms with Gasteiger partial charge in [0.1, 0.15) is 5.75 Å². The number of rotatable bonds is 6. The van der Waals surface area contributed by atoms with Gasteiger partial charge in [0.05, 0.1) is 0 Å². The maximum Gasteiger partial charge on any atom is 0.265 e. The molecule has 126 valence electrons. The van der Waals surface area contributed by atoms with E-state index < -0.39 is 0 Å². The Hall–Kier alpha value is -2.82. The third kappa shape index (κ3) is 4.84. The zero-order valence-electron chi connectivity index (χ0n) is 14.2. The van der Waals surface area contributed by atoms with Gasteiger partial charge in [-0.3, -0.25) is 9.59 Å². The SMILES string of the molecule is CC(=O)Nc1cccc(OCC(=O)N(c2ccccc2)C(C)C)c1. The van der Waals surface area contributed by atoms with Crippen LogP contribution in [0.25, 0.3) is 0 Å². The molecule has 5 heteroatoms. The maximum atomic E-state index is 12.6. The van der Waals surface area contributed by atoms with Crippen LogP contribution in [0.3, 0.4) is 0 Å². The molecule has 0 spiro atoms. The molecule has 2 aromatic carbocycles. The highest BCUT2D eigenvalue weighted by molar-refractivity contribution is 5.95. The topological polar surface area (TPSA) is 58.6 Å². The number of anilines is 2. The van der Waals surface area contributed by atoms with E-state index in [1.807, 2.05) is 44.2 Å². The first-order chi connectivity index (χ1) is 11.5. The predicted octanol–water partition coefficient (Wildman–Crippen LogP) is 3.47. The fraction of sp³-hybridized carbons (Fsp3) is 0.263. The van der Waals surface area contributed by atoms with Crippen LogP contribution in [0.5, 0.6) is 5.75 Å². The number of hydrogen-bond acceptors (Lipinski definition) is 3. The van der Waals surface area contributed by atoms with Gasteiger partial charge in [-0.25, -0.2) is 0 Å². The second kappa shape index (κ2) is 8.15. The van der Waals surface area contributed by atoms with Crippen LogP contribution in [0.15, 0.2) is 54.6 Å². The molecule has 5 nitrogen and oxygen atoms in total. The molecule has 2 amide bonds. The lowest BCUT2D eigenvalue weighted by Gasteiger charge is -2.26. The monoisotopic (exact) mass is 326 g/mol. The number of hydrogen-bond donors (Lipinski definition) is 1. The fourth-order valence-electron chi connectivity index (χ4n) is 2.40. The first-order valence-electron chi connectivity index (χ1n) is 7.85. The van der Waals surface area contributed by atoms with E-state index in [1.54, 1.807) is 29.2 Å². The van der Waals surface area contributed by atoms with Crippen LogP contribution in [-0.2, 0) is 9.59 Å². The Morgan fingerprint density at radius 1 is 1.08 bits per heavy atom. The van der Waals surface area contributed by atoms with Crippen molar-refractivity contribution < 1.29 is 14.3 Å². The van der Waals surface area contributed by atoms with Gasteiger partial charge in [0.2, 0.25) is 5.91 Å². The van der Waals surface area contributed by atoms with Crippen molar-refractivity contribution in [3.8, 4) is 5.75 Å². The molecule has 0 unspecified atom stereocenters. The zero-order chi connectivity index (χ0) is 17.5. The average molecular weight is 326 g/mol. The van der Waals surface area contributed by atoms with Crippen molar-refractivity contribution in [3.63, 3.8) is 0 Å². The molecule has 0 aromatic heterocycles. The third-order valence-electron chi connectivity index (χ3n) is 3.34. The molecule has 0 aliphatic heterocycles. The quantitative estimate of drug-likeness (QED) is 0.884. The molecule has 24 heavy (non-hydrogen) atoms. The number of carbonyl (C=O) groups is 2. The summed E-state index contributed by atoms with van der Waals surface area (Å²) in [6.45, 7) is 5.29. The molecule has 0 atom stereocenters. The maximum absolute atomic E-state index is 12.6. The van der Waals surface area contributed by atoms with Crippen molar-refractivity contribution in [1.29, 1.82) is 0 Å². The number of para-hydroxylation sites is 1. The van der Waals surface area contributed by atoms with Gasteiger partial charge < -0.3 is 15.0 Å². The summed E-state index contributed by atoms with van der Waals surface area (Å²) in [7, 11) is 0. The number of nitrogens with one attached hydrogen (secondary N) is 1. The molecular weight excluding hydrogens is 304 g/mol. The van der Waals surface area contributed by atoms with E-state index in [0.29, 0.717) is 11.4 Å². The van der Waals surface area contributed by atoms with Gasteiger partial charge in [-0.05, 0) is 38.1 Å². The van der Waals surface area contributed by atoms with E-state index in [2.05, 4.69) is 5.32 Å². The highest BCUT2D eigenvalue weighted by Gasteiger charge is 2.19. The van der Waals surface area contributed by atoms with E-state index in [4.69, 9.17) is 4.74 Å². The lowest BCUT2D eigenvalue weighted by atomic mass is 10.2. The molecule has 0 aliphatic rings. The summed E-state index contributed by atoms with van der Waals surface area (Å²) in [5.74, 6) is 0.255. The Bertz CT molecular complexity index is 699. The van der Waals surface area contributed by atoms with Gasteiger partial charge in [-0.1, -0.05) is 24.3 Å². The van der Waals surface area contributed by atoms with E-state index in [9.17, 15) is 9.59 Å². The summed E-state index contributed by atoms with van der Waals surface area (Å²) < 4.78 is 5.60. The van der Waals surface area contributed by atoms with Gasteiger partial charge in [-0.15, -0.1) is 0 Å². The number of ether oxygens (including phenoxy) is 1. The highest BCUT2D eigenvalue weighted by Crippen LogP contribution is 2.19. The van der Waals surface area contributed by atoms with Crippen LogP contribution in [0.2, 0.25) is 0 Å². The summed E-state index contributed by atoms with van der Waals surface area (Å²) >= 11 is 0. The standard InChI is InChI=1S/C19H22N2O3/c1-14(2)21(17-9-5-4-6-10-17)19(23)13-24-18-11-7-8-16(12-18)20-15(3)22/h4-12,14H,13H2,1-3H3,(H,20,22). The number of nitrogens with zero attached hydrogens (tertiary/aromatic N) is 1. The normalized spacial score (nSPS) is 10.3. The Morgan fingerprint density at radius 3 is 2.42 bits per heavy atom. The Morgan fingerprint density at radius 2 is 1.79 bits per heavy atom. The Labute approximate surface area is 142 Å². The average Bonchev–Trinajstić information content (AvgIpc) is 2.53. The van der Waals surface area contributed by atoms with Crippen LogP contribution in [-0.4, -0.2) is 24.5 Å². The van der Waals surface area contributed by atoms with E-state index in [1.165, 1.54) is 6.92 Å². The number of amides is 2. The largest absolute Gasteiger partial charge is 0.484 e.